The van der Waals surface area contributed by atoms with Gasteiger partial charge in [-0.05, 0) is 49.7 Å². The van der Waals surface area contributed by atoms with E-state index < -0.39 is 0 Å². The van der Waals surface area contributed by atoms with Crippen LogP contribution in [0.15, 0.2) is 48.7 Å². The SMILES string of the molecule is [CH]CCNCc1cccc(OCc2ccccn2)c1. The van der Waals surface area contributed by atoms with E-state index in [-0.39, 0.29) is 0 Å². The number of pyridine rings is 1. The predicted octanol–water partition coefficient (Wildman–Crippen LogP) is 2.85. The number of hydrogen-bond donors (Lipinski definition) is 1. The molecule has 98 valence electrons. The second-order valence-corrected chi connectivity index (χ2v) is 4.22. The maximum atomic E-state index is 5.72. The van der Waals surface area contributed by atoms with Crippen molar-refractivity contribution in [2.75, 3.05) is 6.54 Å². The van der Waals surface area contributed by atoms with Crippen LogP contribution in [0.5, 0.6) is 5.75 Å². The first-order valence-corrected chi connectivity index (χ1v) is 6.41. The van der Waals surface area contributed by atoms with Crippen LogP contribution < -0.4 is 10.1 Å². The Kier molecular flexibility index (Phi) is 5.38. The monoisotopic (exact) mass is 254 g/mol. The van der Waals surface area contributed by atoms with Gasteiger partial charge in [0.25, 0.3) is 0 Å². The standard InChI is InChI=1S/C16H18N2O/c1-2-9-17-12-14-6-5-8-16(11-14)19-13-15-7-3-4-10-18-15/h1,3-8,10-11,17H,2,9,12-13H2. The molecule has 3 heteroatoms. The largest absolute Gasteiger partial charge is 0.487 e. The van der Waals surface area contributed by atoms with E-state index in [1.165, 1.54) is 5.56 Å². The van der Waals surface area contributed by atoms with Crippen molar-refractivity contribution in [1.82, 2.24) is 10.3 Å². The summed E-state index contributed by atoms with van der Waals surface area (Å²) in [6.45, 7) is 7.55. The van der Waals surface area contributed by atoms with Crippen molar-refractivity contribution in [2.24, 2.45) is 0 Å². The minimum Gasteiger partial charge on any atom is -0.487 e. The first kappa shape index (κ1) is 13.6. The van der Waals surface area contributed by atoms with Crippen molar-refractivity contribution >= 4 is 0 Å². The number of hydrogen-bond acceptors (Lipinski definition) is 3. The maximum Gasteiger partial charge on any atom is 0.130 e. The second-order valence-electron chi connectivity index (χ2n) is 4.22. The third-order valence-electron chi connectivity index (χ3n) is 2.66. The Labute approximate surface area is 114 Å². The summed E-state index contributed by atoms with van der Waals surface area (Å²) >= 11 is 0. The molecule has 1 N–H and O–H groups in total. The summed E-state index contributed by atoms with van der Waals surface area (Å²) in [6.07, 6.45) is 2.42. The van der Waals surface area contributed by atoms with Crippen LogP contribution in [0.25, 0.3) is 0 Å². The Morgan fingerprint density at radius 3 is 2.89 bits per heavy atom. The minimum absolute atomic E-state index is 0.487. The Hall–Kier alpha value is -1.87. The van der Waals surface area contributed by atoms with Crippen LogP contribution in [0, 0.1) is 6.92 Å². The van der Waals surface area contributed by atoms with Gasteiger partial charge in [0.05, 0.1) is 5.69 Å². The zero-order valence-corrected chi connectivity index (χ0v) is 10.9. The number of rotatable bonds is 7. The molecule has 2 rings (SSSR count). The summed E-state index contributed by atoms with van der Waals surface area (Å²) in [5.41, 5.74) is 2.11. The molecule has 0 bridgehead atoms. The molecule has 0 fully saturated rings. The van der Waals surface area contributed by atoms with Crippen molar-refractivity contribution in [3.05, 3.63) is 66.8 Å². The van der Waals surface area contributed by atoms with Gasteiger partial charge in [0, 0.05) is 12.7 Å². The fraction of sp³-hybridized carbons (Fsp3) is 0.250. The Bertz CT molecular complexity index is 485. The van der Waals surface area contributed by atoms with Crippen LogP contribution in [0.4, 0.5) is 0 Å². The lowest BCUT2D eigenvalue weighted by Gasteiger charge is -2.08. The van der Waals surface area contributed by atoms with Gasteiger partial charge in [0.15, 0.2) is 0 Å². The molecule has 1 aromatic heterocycles. The first-order valence-electron chi connectivity index (χ1n) is 6.41. The molecule has 0 atom stereocenters. The van der Waals surface area contributed by atoms with Crippen molar-refractivity contribution in [3.63, 3.8) is 0 Å². The van der Waals surface area contributed by atoms with Gasteiger partial charge in [-0.2, -0.15) is 0 Å². The lowest BCUT2D eigenvalue weighted by atomic mass is 10.2. The normalized spacial score (nSPS) is 10.4. The molecule has 0 saturated heterocycles. The van der Waals surface area contributed by atoms with Crippen LogP contribution in [-0.2, 0) is 13.2 Å². The summed E-state index contributed by atoms with van der Waals surface area (Å²) in [6, 6.07) is 13.9. The fourth-order valence-electron chi connectivity index (χ4n) is 1.72. The molecule has 1 heterocycles. The maximum absolute atomic E-state index is 5.72. The van der Waals surface area contributed by atoms with E-state index in [9.17, 15) is 0 Å². The molecule has 0 aliphatic heterocycles. The zero-order chi connectivity index (χ0) is 13.3. The van der Waals surface area contributed by atoms with Gasteiger partial charge in [-0.1, -0.05) is 18.2 Å². The highest BCUT2D eigenvalue weighted by atomic mass is 16.5. The zero-order valence-electron chi connectivity index (χ0n) is 10.9. The van der Waals surface area contributed by atoms with Gasteiger partial charge in [-0.25, -0.2) is 0 Å². The average molecular weight is 254 g/mol. The van der Waals surface area contributed by atoms with Crippen LogP contribution in [0.1, 0.15) is 17.7 Å². The molecule has 0 aliphatic rings. The van der Waals surface area contributed by atoms with E-state index in [1.807, 2.05) is 36.4 Å². The van der Waals surface area contributed by atoms with Gasteiger partial charge in [0.2, 0.25) is 0 Å². The molecular weight excluding hydrogens is 236 g/mol. The number of aromatic nitrogens is 1. The number of ether oxygens (including phenoxy) is 1. The van der Waals surface area contributed by atoms with E-state index in [0.717, 1.165) is 24.5 Å². The van der Waals surface area contributed by atoms with Gasteiger partial charge in [0.1, 0.15) is 12.4 Å². The van der Waals surface area contributed by atoms with Gasteiger partial charge in [-0.15, -0.1) is 0 Å². The molecule has 0 unspecified atom stereocenters. The van der Waals surface area contributed by atoms with Crippen molar-refractivity contribution in [3.8, 4) is 5.75 Å². The van der Waals surface area contributed by atoms with Gasteiger partial charge >= 0.3 is 0 Å². The van der Waals surface area contributed by atoms with E-state index in [4.69, 9.17) is 11.7 Å². The Balaban J connectivity index is 1.88. The van der Waals surface area contributed by atoms with E-state index in [2.05, 4.69) is 16.4 Å². The average Bonchev–Trinajstić information content (AvgIpc) is 2.47. The molecule has 0 saturated carbocycles. The summed E-state index contributed by atoms with van der Waals surface area (Å²) in [5.74, 6) is 0.859. The summed E-state index contributed by atoms with van der Waals surface area (Å²) in [5, 5.41) is 3.26. The highest BCUT2D eigenvalue weighted by molar-refractivity contribution is 5.28. The predicted molar refractivity (Wildman–Crippen MR) is 75.6 cm³/mol. The second kappa shape index (κ2) is 7.54. The van der Waals surface area contributed by atoms with E-state index in [1.54, 1.807) is 6.20 Å². The summed E-state index contributed by atoms with van der Waals surface area (Å²) in [4.78, 5) is 4.23. The molecule has 0 aliphatic carbocycles. The third-order valence-corrected chi connectivity index (χ3v) is 2.66. The summed E-state index contributed by atoms with van der Waals surface area (Å²) in [7, 11) is 0. The molecule has 2 radical (unpaired) electrons. The third kappa shape index (κ3) is 4.72. The summed E-state index contributed by atoms with van der Waals surface area (Å²) < 4.78 is 5.72. The number of benzene rings is 1. The molecule has 19 heavy (non-hydrogen) atoms. The molecule has 0 amide bonds. The van der Waals surface area contributed by atoms with Crippen LogP contribution in [-0.4, -0.2) is 11.5 Å². The Morgan fingerprint density at radius 1 is 1.16 bits per heavy atom. The molecule has 3 nitrogen and oxygen atoms in total. The van der Waals surface area contributed by atoms with Crippen molar-refractivity contribution < 1.29 is 4.74 Å². The topological polar surface area (TPSA) is 34.1 Å². The molecule has 1 aromatic carbocycles. The van der Waals surface area contributed by atoms with Crippen LogP contribution >= 0.6 is 0 Å². The van der Waals surface area contributed by atoms with Crippen molar-refractivity contribution in [2.45, 2.75) is 19.6 Å². The Morgan fingerprint density at radius 2 is 2.11 bits per heavy atom. The lowest BCUT2D eigenvalue weighted by molar-refractivity contribution is 0.301. The van der Waals surface area contributed by atoms with Crippen molar-refractivity contribution in [1.29, 1.82) is 0 Å². The number of nitrogens with one attached hydrogen (secondary N) is 1. The van der Waals surface area contributed by atoms with E-state index >= 15 is 0 Å². The highest BCUT2D eigenvalue weighted by Gasteiger charge is 1.98. The highest BCUT2D eigenvalue weighted by Crippen LogP contribution is 2.14. The van der Waals surface area contributed by atoms with Crippen LogP contribution in [0.2, 0.25) is 0 Å². The lowest BCUT2D eigenvalue weighted by Crippen LogP contribution is -2.13. The van der Waals surface area contributed by atoms with E-state index in [0.29, 0.717) is 13.0 Å². The number of nitrogens with zero attached hydrogens (tertiary/aromatic N) is 1. The van der Waals surface area contributed by atoms with Gasteiger partial charge in [-0.3, -0.25) is 4.98 Å². The minimum atomic E-state index is 0.487. The molecular formula is C16H18N2O. The molecule has 2 aromatic rings. The fourth-order valence-corrected chi connectivity index (χ4v) is 1.72. The van der Waals surface area contributed by atoms with Crippen LogP contribution in [0.3, 0.4) is 0 Å². The quantitative estimate of drug-likeness (QED) is 0.771. The first-order chi connectivity index (χ1) is 9.38. The van der Waals surface area contributed by atoms with Gasteiger partial charge < -0.3 is 10.1 Å². The molecule has 0 spiro atoms. The smallest absolute Gasteiger partial charge is 0.130 e.